The highest BCUT2D eigenvalue weighted by molar-refractivity contribution is 6.06. The Morgan fingerprint density at radius 3 is 2.76 bits per heavy atom. The Morgan fingerprint density at radius 2 is 2.04 bits per heavy atom. The molecule has 3 N–H and O–H groups in total. The molecule has 25 heavy (non-hydrogen) atoms. The molecule has 0 bridgehead atoms. The van der Waals surface area contributed by atoms with Crippen molar-refractivity contribution in [1.82, 2.24) is 0 Å². The van der Waals surface area contributed by atoms with Crippen LogP contribution in [0.2, 0.25) is 0 Å². The molecular weight excluding hydrogens is 333 g/mol. The van der Waals surface area contributed by atoms with E-state index < -0.39 is 16.6 Å². The zero-order valence-corrected chi connectivity index (χ0v) is 12.7. The minimum absolute atomic E-state index is 0.204. The number of nitro groups is 1. The SMILES string of the molecule is O=C1CCc2cc(C(=O)Nc3cc([N+](=O)[O-])ccc3O)c(F)cc2N1. The number of phenols is 1. The number of rotatable bonds is 3. The highest BCUT2D eigenvalue weighted by Gasteiger charge is 2.21. The van der Waals surface area contributed by atoms with Crippen LogP contribution >= 0.6 is 0 Å². The molecule has 0 saturated carbocycles. The lowest BCUT2D eigenvalue weighted by Gasteiger charge is -2.18. The fraction of sp³-hybridized carbons (Fsp3) is 0.125. The van der Waals surface area contributed by atoms with Crippen molar-refractivity contribution in [2.75, 3.05) is 10.6 Å². The van der Waals surface area contributed by atoms with Crippen molar-refractivity contribution < 1.29 is 24.0 Å². The summed E-state index contributed by atoms with van der Waals surface area (Å²) in [6.45, 7) is 0. The number of hydrogen-bond donors (Lipinski definition) is 3. The Balaban J connectivity index is 1.91. The first-order valence-electron chi connectivity index (χ1n) is 7.26. The van der Waals surface area contributed by atoms with E-state index in [9.17, 15) is 29.2 Å². The van der Waals surface area contributed by atoms with E-state index in [1.54, 1.807) is 0 Å². The smallest absolute Gasteiger partial charge is 0.271 e. The number of aromatic hydroxyl groups is 1. The first kappa shape index (κ1) is 16.4. The van der Waals surface area contributed by atoms with Crippen LogP contribution < -0.4 is 10.6 Å². The van der Waals surface area contributed by atoms with E-state index in [4.69, 9.17) is 0 Å². The zero-order valence-electron chi connectivity index (χ0n) is 12.7. The van der Waals surface area contributed by atoms with Gasteiger partial charge in [0.25, 0.3) is 11.6 Å². The van der Waals surface area contributed by atoms with Gasteiger partial charge in [-0.2, -0.15) is 0 Å². The largest absolute Gasteiger partial charge is 0.506 e. The number of nitrogens with zero attached hydrogens (tertiary/aromatic N) is 1. The third-order valence-corrected chi connectivity index (χ3v) is 3.77. The summed E-state index contributed by atoms with van der Waals surface area (Å²) in [5, 5.41) is 25.3. The van der Waals surface area contributed by atoms with Crippen LogP contribution in [0.3, 0.4) is 0 Å². The van der Waals surface area contributed by atoms with E-state index in [-0.39, 0.29) is 35.0 Å². The van der Waals surface area contributed by atoms with Crippen LogP contribution in [-0.2, 0) is 11.2 Å². The Bertz CT molecular complexity index is 913. The molecule has 0 aliphatic carbocycles. The average Bonchev–Trinajstić information content (AvgIpc) is 2.55. The maximum Gasteiger partial charge on any atom is 0.271 e. The lowest BCUT2D eigenvalue weighted by atomic mass is 9.99. The molecule has 1 aliphatic rings. The van der Waals surface area contributed by atoms with E-state index >= 15 is 0 Å². The molecule has 1 heterocycles. The quantitative estimate of drug-likeness (QED) is 0.448. The number of amides is 2. The third kappa shape index (κ3) is 3.25. The van der Waals surface area contributed by atoms with Gasteiger partial charge in [-0.1, -0.05) is 0 Å². The van der Waals surface area contributed by atoms with Crippen LogP contribution in [-0.4, -0.2) is 21.8 Å². The van der Waals surface area contributed by atoms with E-state index in [1.165, 1.54) is 6.07 Å². The number of hydrogen-bond acceptors (Lipinski definition) is 5. The Kier molecular flexibility index (Phi) is 4.05. The van der Waals surface area contributed by atoms with Crippen molar-refractivity contribution in [2.45, 2.75) is 12.8 Å². The van der Waals surface area contributed by atoms with Crippen molar-refractivity contribution in [3.05, 3.63) is 57.4 Å². The molecule has 0 unspecified atom stereocenters. The summed E-state index contributed by atoms with van der Waals surface area (Å²) >= 11 is 0. The van der Waals surface area contributed by atoms with Crippen molar-refractivity contribution in [1.29, 1.82) is 0 Å². The molecule has 0 spiro atoms. The number of fused-ring (bicyclic) bond motifs is 1. The fourth-order valence-electron chi connectivity index (χ4n) is 2.50. The molecule has 0 saturated heterocycles. The van der Waals surface area contributed by atoms with Crippen LogP contribution in [0.1, 0.15) is 22.3 Å². The van der Waals surface area contributed by atoms with Gasteiger partial charge >= 0.3 is 0 Å². The predicted molar refractivity (Wildman–Crippen MR) is 86.1 cm³/mol. The number of phenolic OH excluding ortho intramolecular Hbond substituents is 1. The first-order valence-corrected chi connectivity index (χ1v) is 7.26. The Morgan fingerprint density at radius 1 is 1.28 bits per heavy atom. The molecule has 8 nitrogen and oxygen atoms in total. The lowest BCUT2D eigenvalue weighted by molar-refractivity contribution is -0.384. The van der Waals surface area contributed by atoms with Gasteiger partial charge in [0.05, 0.1) is 16.2 Å². The minimum Gasteiger partial charge on any atom is -0.506 e. The maximum absolute atomic E-state index is 14.2. The molecule has 2 amide bonds. The van der Waals surface area contributed by atoms with Crippen LogP contribution in [0.4, 0.5) is 21.5 Å². The van der Waals surface area contributed by atoms with Crippen LogP contribution in [0.5, 0.6) is 5.75 Å². The van der Waals surface area contributed by atoms with E-state index in [0.717, 1.165) is 24.3 Å². The molecule has 2 aromatic rings. The van der Waals surface area contributed by atoms with Crippen molar-refractivity contribution in [2.24, 2.45) is 0 Å². The molecule has 1 aliphatic heterocycles. The Hall–Kier alpha value is -3.49. The number of carbonyl (C=O) groups excluding carboxylic acids is 2. The number of nitrogens with one attached hydrogen (secondary N) is 2. The first-order chi connectivity index (χ1) is 11.8. The van der Waals surface area contributed by atoms with Gasteiger partial charge < -0.3 is 15.7 Å². The summed E-state index contributed by atoms with van der Waals surface area (Å²) < 4.78 is 14.2. The van der Waals surface area contributed by atoms with Gasteiger partial charge in [0.2, 0.25) is 5.91 Å². The minimum atomic E-state index is -0.868. The normalized spacial score (nSPS) is 12.9. The van der Waals surface area contributed by atoms with Crippen molar-refractivity contribution >= 4 is 28.9 Å². The van der Waals surface area contributed by atoms with Crippen LogP contribution in [0.15, 0.2) is 30.3 Å². The standard InChI is InChI=1S/C16H12FN3O5/c17-11-7-12-8(1-4-15(22)18-12)5-10(11)16(23)19-13-6-9(20(24)25)2-3-14(13)21/h2-3,5-7,21H,1,4H2,(H,18,22)(H,19,23). The number of non-ortho nitro benzene ring substituents is 1. The zero-order chi connectivity index (χ0) is 18.1. The summed E-state index contributed by atoms with van der Waals surface area (Å²) in [5.74, 6) is -2.34. The van der Waals surface area contributed by atoms with Gasteiger partial charge in [-0.15, -0.1) is 0 Å². The van der Waals surface area contributed by atoms with Gasteiger partial charge in [-0.25, -0.2) is 4.39 Å². The van der Waals surface area contributed by atoms with Crippen molar-refractivity contribution in [3.8, 4) is 5.75 Å². The fourth-order valence-corrected chi connectivity index (χ4v) is 2.50. The highest BCUT2D eigenvalue weighted by atomic mass is 19.1. The van der Waals surface area contributed by atoms with Crippen molar-refractivity contribution in [3.63, 3.8) is 0 Å². The number of halogens is 1. The predicted octanol–water partition coefficient (Wildman–Crippen LogP) is 2.58. The second kappa shape index (κ2) is 6.19. The molecule has 0 fully saturated rings. The van der Waals surface area contributed by atoms with E-state index in [0.29, 0.717) is 17.7 Å². The number of nitro benzene ring substituents is 1. The van der Waals surface area contributed by atoms with E-state index in [1.807, 2.05) is 0 Å². The summed E-state index contributed by atoms with van der Waals surface area (Å²) in [6.07, 6.45) is 0.592. The number of anilines is 2. The summed E-state index contributed by atoms with van der Waals surface area (Å²) in [4.78, 5) is 33.7. The molecule has 3 rings (SSSR count). The molecule has 0 radical (unpaired) electrons. The molecule has 0 atom stereocenters. The summed E-state index contributed by atoms with van der Waals surface area (Å²) in [7, 11) is 0. The topological polar surface area (TPSA) is 122 Å². The van der Waals surface area contributed by atoms with Crippen LogP contribution in [0.25, 0.3) is 0 Å². The maximum atomic E-state index is 14.2. The Labute approximate surface area is 140 Å². The molecule has 2 aromatic carbocycles. The van der Waals surface area contributed by atoms with Gasteiger partial charge in [0.15, 0.2) is 0 Å². The highest BCUT2D eigenvalue weighted by Crippen LogP contribution is 2.30. The second-order valence-electron chi connectivity index (χ2n) is 5.45. The molecule has 0 aromatic heterocycles. The second-order valence-corrected chi connectivity index (χ2v) is 5.45. The monoisotopic (exact) mass is 345 g/mol. The van der Waals surface area contributed by atoms with E-state index in [2.05, 4.69) is 10.6 Å². The number of benzene rings is 2. The average molecular weight is 345 g/mol. The van der Waals surface area contributed by atoms with Gasteiger partial charge in [-0.3, -0.25) is 19.7 Å². The van der Waals surface area contributed by atoms with Crippen LogP contribution in [0, 0.1) is 15.9 Å². The summed E-state index contributed by atoms with van der Waals surface area (Å²) in [5.41, 5.74) is 0.0880. The molecular formula is C16H12FN3O5. The summed E-state index contributed by atoms with van der Waals surface area (Å²) in [6, 6.07) is 5.48. The lowest BCUT2D eigenvalue weighted by Crippen LogP contribution is -2.21. The van der Waals surface area contributed by atoms with Gasteiger partial charge in [0.1, 0.15) is 11.6 Å². The van der Waals surface area contributed by atoms with Gasteiger partial charge in [0, 0.05) is 24.2 Å². The molecule has 9 heteroatoms. The van der Waals surface area contributed by atoms with Gasteiger partial charge in [-0.05, 0) is 30.2 Å². The third-order valence-electron chi connectivity index (χ3n) is 3.77. The number of aryl methyl sites for hydroxylation is 1. The molecule has 128 valence electrons. The number of carbonyl (C=O) groups is 2.